The minimum atomic E-state index is -1.06. The summed E-state index contributed by atoms with van der Waals surface area (Å²) in [6.45, 7) is 4.78. The lowest BCUT2D eigenvalue weighted by Gasteiger charge is -2.25. The summed E-state index contributed by atoms with van der Waals surface area (Å²) in [5, 5.41) is 8.39. The molecule has 0 radical (unpaired) electrons. The van der Waals surface area contributed by atoms with E-state index in [0.29, 0.717) is 17.1 Å². The van der Waals surface area contributed by atoms with Crippen LogP contribution in [0.5, 0.6) is 5.75 Å². The normalized spacial score (nSPS) is 10.7. The van der Waals surface area contributed by atoms with Gasteiger partial charge in [0.2, 0.25) is 5.91 Å². The van der Waals surface area contributed by atoms with Gasteiger partial charge in [-0.1, -0.05) is 15.9 Å². The van der Waals surface area contributed by atoms with Crippen molar-refractivity contribution >= 4 is 56.4 Å². The van der Waals surface area contributed by atoms with Crippen LogP contribution in [0.15, 0.2) is 53.0 Å². The summed E-state index contributed by atoms with van der Waals surface area (Å²) in [5.41, 5.74) is 0.248. The van der Waals surface area contributed by atoms with Gasteiger partial charge < -0.3 is 20.7 Å². The summed E-state index contributed by atoms with van der Waals surface area (Å²) in [6, 6.07) is 14.2. The van der Waals surface area contributed by atoms with Gasteiger partial charge in [-0.05, 0) is 74.6 Å². The molecule has 0 aromatic heterocycles. The highest BCUT2D eigenvalue weighted by atomic mass is 79.9. The van der Waals surface area contributed by atoms with E-state index >= 15 is 0 Å². The Bertz CT molecular complexity index is 836. The number of carbonyl (C=O) groups excluding carboxylic acids is 2. The van der Waals surface area contributed by atoms with Crippen molar-refractivity contribution in [1.29, 1.82) is 0 Å². The van der Waals surface area contributed by atoms with Gasteiger partial charge in [0.25, 0.3) is 5.91 Å². The van der Waals surface area contributed by atoms with E-state index in [1.165, 1.54) is 6.92 Å². The fourth-order valence-electron chi connectivity index (χ4n) is 2.08. The maximum atomic E-state index is 12.6. The molecule has 2 amide bonds. The van der Waals surface area contributed by atoms with E-state index < -0.39 is 5.60 Å². The van der Waals surface area contributed by atoms with Gasteiger partial charge in [0.1, 0.15) is 5.75 Å². The molecule has 0 atom stereocenters. The van der Waals surface area contributed by atoms with Crippen LogP contribution in [0.25, 0.3) is 0 Å². The molecule has 0 heterocycles. The van der Waals surface area contributed by atoms with Crippen molar-refractivity contribution in [2.75, 3.05) is 10.6 Å². The molecule has 0 aliphatic rings. The average Bonchev–Trinajstić information content (AvgIpc) is 2.57. The van der Waals surface area contributed by atoms with Crippen molar-refractivity contribution in [3.63, 3.8) is 0 Å². The van der Waals surface area contributed by atoms with Gasteiger partial charge >= 0.3 is 0 Å². The number of hydrogen-bond acceptors (Lipinski definition) is 4. The molecule has 27 heavy (non-hydrogen) atoms. The van der Waals surface area contributed by atoms with E-state index in [1.54, 1.807) is 50.2 Å². The third kappa shape index (κ3) is 6.65. The molecule has 0 unspecified atom stereocenters. The molecule has 3 N–H and O–H groups in total. The average molecular weight is 450 g/mol. The molecule has 0 spiro atoms. The Kier molecular flexibility index (Phi) is 6.92. The van der Waals surface area contributed by atoms with Crippen molar-refractivity contribution in [3.05, 3.63) is 53.0 Å². The van der Waals surface area contributed by atoms with Crippen LogP contribution >= 0.6 is 28.1 Å². The molecular weight excluding hydrogens is 430 g/mol. The monoisotopic (exact) mass is 449 g/mol. The van der Waals surface area contributed by atoms with Crippen molar-refractivity contribution < 1.29 is 14.3 Å². The van der Waals surface area contributed by atoms with Crippen LogP contribution in [-0.4, -0.2) is 22.5 Å². The first-order chi connectivity index (χ1) is 12.7. The predicted molar refractivity (Wildman–Crippen MR) is 114 cm³/mol. The Morgan fingerprint density at radius 1 is 0.963 bits per heavy atom. The number of ether oxygens (including phenoxy) is 1. The number of rotatable bonds is 5. The summed E-state index contributed by atoms with van der Waals surface area (Å²) in [4.78, 5) is 23.5. The smallest absolute Gasteiger partial charge is 0.267 e. The maximum absolute atomic E-state index is 12.6. The zero-order valence-corrected chi connectivity index (χ0v) is 17.5. The van der Waals surface area contributed by atoms with Gasteiger partial charge in [0, 0.05) is 22.8 Å². The highest BCUT2D eigenvalue weighted by Gasteiger charge is 2.30. The van der Waals surface area contributed by atoms with Crippen molar-refractivity contribution in [2.45, 2.75) is 26.4 Å². The third-order valence-electron chi connectivity index (χ3n) is 3.42. The third-order valence-corrected chi connectivity index (χ3v) is 4.16. The number of thiocarbonyl (C=S) groups is 1. The van der Waals surface area contributed by atoms with Crippen LogP contribution in [0, 0.1) is 0 Å². The number of amides is 2. The van der Waals surface area contributed by atoms with E-state index in [2.05, 4.69) is 31.9 Å². The lowest BCUT2D eigenvalue weighted by atomic mass is 10.1. The van der Waals surface area contributed by atoms with Gasteiger partial charge in [-0.15, -0.1) is 0 Å². The molecule has 0 fully saturated rings. The Balaban J connectivity index is 1.96. The first-order valence-corrected chi connectivity index (χ1v) is 9.30. The number of hydrogen-bond donors (Lipinski definition) is 3. The number of carbonyl (C=O) groups is 2. The van der Waals surface area contributed by atoms with Gasteiger partial charge in [0.05, 0.1) is 0 Å². The molecule has 142 valence electrons. The molecule has 2 rings (SSSR count). The van der Waals surface area contributed by atoms with Crippen molar-refractivity contribution in [3.8, 4) is 5.75 Å². The second-order valence-corrected chi connectivity index (χ2v) is 7.56. The highest BCUT2D eigenvalue weighted by Crippen LogP contribution is 2.23. The maximum Gasteiger partial charge on any atom is 0.267 e. The Morgan fingerprint density at radius 3 is 2.00 bits per heavy atom. The fraction of sp³-hybridized carbons (Fsp3) is 0.211. The first-order valence-electron chi connectivity index (χ1n) is 8.10. The fourth-order valence-corrected chi connectivity index (χ4v) is 2.61. The summed E-state index contributed by atoms with van der Waals surface area (Å²) in [7, 11) is 0. The van der Waals surface area contributed by atoms with E-state index in [9.17, 15) is 9.59 Å². The molecular formula is C19H20BrN3O3S. The van der Waals surface area contributed by atoms with E-state index in [0.717, 1.165) is 4.47 Å². The van der Waals surface area contributed by atoms with Crippen LogP contribution in [0.3, 0.4) is 0 Å². The standard InChI is InChI=1S/C19H20BrN3O3S/c1-12(24)21-18(27)23-15-8-6-14(7-9-15)22-17(25)19(2,3)26-16-10-4-13(20)5-11-16/h4-11H,1-3H3,(H,22,25)(H2,21,23,24,27). The topological polar surface area (TPSA) is 79.5 Å². The van der Waals surface area contributed by atoms with Gasteiger partial charge in [-0.3, -0.25) is 9.59 Å². The minimum absolute atomic E-state index is 0.211. The number of halogens is 1. The largest absolute Gasteiger partial charge is 0.478 e. The van der Waals surface area contributed by atoms with Crippen LogP contribution < -0.4 is 20.7 Å². The van der Waals surface area contributed by atoms with Crippen LogP contribution in [0.2, 0.25) is 0 Å². The van der Waals surface area contributed by atoms with Crippen LogP contribution in [-0.2, 0) is 9.59 Å². The molecule has 0 bridgehead atoms. The minimum Gasteiger partial charge on any atom is -0.478 e. The number of benzene rings is 2. The SMILES string of the molecule is CC(=O)NC(=S)Nc1ccc(NC(=O)C(C)(C)Oc2ccc(Br)cc2)cc1. The quantitative estimate of drug-likeness (QED) is 0.599. The lowest BCUT2D eigenvalue weighted by molar-refractivity contribution is -0.128. The van der Waals surface area contributed by atoms with Crippen molar-refractivity contribution in [2.24, 2.45) is 0 Å². The molecule has 6 nitrogen and oxygen atoms in total. The molecule has 2 aromatic rings. The van der Waals surface area contributed by atoms with Crippen LogP contribution in [0.1, 0.15) is 20.8 Å². The molecule has 8 heteroatoms. The van der Waals surface area contributed by atoms with Crippen molar-refractivity contribution in [1.82, 2.24) is 5.32 Å². The van der Waals surface area contributed by atoms with E-state index in [-0.39, 0.29) is 16.9 Å². The number of anilines is 2. The molecule has 0 saturated heterocycles. The number of nitrogens with one attached hydrogen (secondary N) is 3. The predicted octanol–water partition coefficient (Wildman–Crippen LogP) is 4.08. The summed E-state index contributed by atoms with van der Waals surface area (Å²) in [6.07, 6.45) is 0. The van der Waals surface area contributed by atoms with Crippen LogP contribution in [0.4, 0.5) is 11.4 Å². The first kappa shape index (κ1) is 20.9. The zero-order chi connectivity index (χ0) is 20.0. The van der Waals surface area contributed by atoms with E-state index in [4.69, 9.17) is 17.0 Å². The molecule has 2 aromatic carbocycles. The van der Waals surface area contributed by atoms with Gasteiger partial charge in [0.15, 0.2) is 10.7 Å². The molecule has 0 saturated carbocycles. The summed E-state index contributed by atoms with van der Waals surface area (Å²) >= 11 is 8.36. The highest BCUT2D eigenvalue weighted by molar-refractivity contribution is 9.10. The van der Waals surface area contributed by atoms with E-state index in [1.807, 2.05) is 12.1 Å². The summed E-state index contributed by atoms with van der Waals surface area (Å²) in [5.74, 6) is 0.0775. The Labute approximate surface area is 171 Å². The zero-order valence-electron chi connectivity index (χ0n) is 15.1. The molecule has 0 aliphatic heterocycles. The second kappa shape index (κ2) is 8.96. The Hall–Kier alpha value is -2.45. The summed E-state index contributed by atoms with van der Waals surface area (Å²) < 4.78 is 6.74. The second-order valence-electron chi connectivity index (χ2n) is 6.23. The van der Waals surface area contributed by atoms with Gasteiger partial charge in [-0.2, -0.15) is 0 Å². The van der Waals surface area contributed by atoms with Gasteiger partial charge in [-0.25, -0.2) is 0 Å². The lowest BCUT2D eigenvalue weighted by Crippen LogP contribution is -2.42. The Morgan fingerprint density at radius 2 is 1.48 bits per heavy atom. The molecule has 0 aliphatic carbocycles.